The summed E-state index contributed by atoms with van der Waals surface area (Å²) >= 11 is 1.04. The van der Waals surface area contributed by atoms with E-state index < -0.39 is 6.10 Å². The molecule has 2 aromatic rings. The fourth-order valence-corrected chi connectivity index (χ4v) is 2.32. The zero-order valence-corrected chi connectivity index (χ0v) is 11.9. The van der Waals surface area contributed by atoms with E-state index in [2.05, 4.69) is 14.9 Å². The standard InChI is InChI=1S/C13H14FN3O2S/c1-8-12(20-17-16-8)13(18)15-7-11(19-2)9-4-3-5-10(14)6-9/h3-6,11H,7H2,1-2H3,(H,15,18)/t11-/m0/s1. The molecule has 0 radical (unpaired) electrons. The van der Waals surface area contributed by atoms with Crippen LogP contribution in [-0.4, -0.2) is 29.1 Å². The number of aryl methyl sites for hydroxylation is 1. The van der Waals surface area contributed by atoms with Gasteiger partial charge in [0.2, 0.25) is 0 Å². The number of carbonyl (C=O) groups excluding carboxylic acids is 1. The molecule has 0 spiro atoms. The molecule has 0 aliphatic heterocycles. The fraction of sp³-hybridized carbons (Fsp3) is 0.308. The van der Waals surface area contributed by atoms with Crippen LogP contribution in [0.5, 0.6) is 0 Å². The highest BCUT2D eigenvalue weighted by Crippen LogP contribution is 2.17. The van der Waals surface area contributed by atoms with E-state index in [4.69, 9.17) is 4.74 Å². The topological polar surface area (TPSA) is 64.1 Å². The Kier molecular flexibility index (Phi) is 4.75. The largest absolute Gasteiger partial charge is 0.375 e. The highest BCUT2D eigenvalue weighted by molar-refractivity contribution is 7.07. The van der Waals surface area contributed by atoms with Crippen molar-refractivity contribution in [2.45, 2.75) is 13.0 Å². The molecule has 1 amide bonds. The van der Waals surface area contributed by atoms with E-state index in [-0.39, 0.29) is 18.3 Å². The van der Waals surface area contributed by atoms with E-state index >= 15 is 0 Å². The third kappa shape index (κ3) is 3.37. The van der Waals surface area contributed by atoms with Gasteiger partial charge in [-0.1, -0.05) is 16.6 Å². The molecular weight excluding hydrogens is 281 g/mol. The number of hydrogen-bond donors (Lipinski definition) is 1. The molecule has 7 heteroatoms. The summed E-state index contributed by atoms with van der Waals surface area (Å²) in [6.07, 6.45) is -0.407. The van der Waals surface area contributed by atoms with Crippen LogP contribution in [0.15, 0.2) is 24.3 Å². The van der Waals surface area contributed by atoms with Gasteiger partial charge in [-0.15, -0.1) is 5.10 Å². The highest BCUT2D eigenvalue weighted by atomic mass is 32.1. The molecular formula is C13H14FN3O2S. The molecule has 1 aromatic carbocycles. The molecule has 0 aliphatic rings. The summed E-state index contributed by atoms with van der Waals surface area (Å²) in [5.41, 5.74) is 1.26. The third-order valence-corrected chi connectivity index (χ3v) is 3.64. The van der Waals surface area contributed by atoms with Gasteiger partial charge in [0, 0.05) is 13.7 Å². The van der Waals surface area contributed by atoms with Gasteiger partial charge in [0.05, 0.1) is 11.8 Å². The lowest BCUT2D eigenvalue weighted by Crippen LogP contribution is -2.29. The van der Waals surface area contributed by atoms with Crippen LogP contribution < -0.4 is 5.32 Å². The van der Waals surface area contributed by atoms with Crippen molar-refractivity contribution in [1.82, 2.24) is 14.9 Å². The lowest BCUT2D eigenvalue weighted by atomic mass is 10.1. The molecule has 2 rings (SSSR count). The average Bonchev–Trinajstić information content (AvgIpc) is 2.85. The summed E-state index contributed by atoms with van der Waals surface area (Å²) in [7, 11) is 1.52. The van der Waals surface area contributed by atoms with Crippen molar-refractivity contribution in [2.24, 2.45) is 0 Å². The van der Waals surface area contributed by atoms with Crippen LogP contribution in [0.2, 0.25) is 0 Å². The number of methoxy groups -OCH3 is 1. The molecule has 0 fully saturated rings. The first-order valence-electron chi connectivity index (χ1n) is 5.97. The molecule has 0 saturated carbocycles. The minimum absolute atomic E-state index is 0.246. The van der Waals surface area contributed by atoms with Crippen molar-refractivity contribution in [3.05, 3.63) is 46.2 Å². The minimum atomic E-state index is -0.407. The number of benzene rings is 1. The number of halogens is 1. The first-order valence-corrected chi connectivity index (χ1v) is 6.74. The smallest absolute Gasteiger partial charge is 0.265 e. The van der Waals surface area contributed by atoms with Crippen LogP contribution in [-0.2, 0) is 4.74 Å². The number of carbonyl (C=O) groups is 1. The summed E-state index contributed by atoms with van der Waals surface area (Å²) in [6, 6.07) is 6.11. The Bertz CT molecular complexity index is 603. The van der Waals surface area contributed by atoms with E-state index in [0.29, 0.717) is 16.1 Å². The van der Waals surface area contributed by atoms with E-state index in [1.807, 2.05) is 0 Å². The van der Waals surface area contributed by atoms with E-state index in [9.17, 15) is 9.18 Å². The van der Waals surface area contributed by atoms with Gasteiger partial charge in [0.15, 0.2) is 0 Å². The van der Waals surface area contributed by atoms with Gasteiger partial charge in [0.1, 0.15) is 10.7 Å². The average molecular weight is 295 g/mol. The maximum absolute atomic E-state index is 13.2. The lowest BCUT2D eigenvalue weighted by Gasteiger charge is -2.16. The Balaban J connectivity index is 2.01. The molecule has 0 aliphatic carbocycles. The van der Waals surface area contributed by atoms with Crippen molar-refractivity contribution >= 4 is 17.4 Å². The Morgan fingerprint density at radius 3 is 2.95 bits per heavy atom. The Labute approximate surface area is 119 Å². The molecule has 1 heterocycles. The van der Waals surface area contributed by atoms with Crippen LogP contribution in [0.1, 0.15) is 27.0 Å². The molecule has 0 bridgehead atoms. The Morgan fingerprint density at radius 1 is 1.55 bits per heavy atom. The molecule has 1 N–H and O–H groups in total. The van der Waals surface area contributed by atoms with Crippen molar-refractivity contribution in [3.8, 4) is 0 Å². The molecule has 106 valence electrons. The zero-order valence-electron chi connectivity index (χ0n) is 11.1. The van der Waals surface area contributed by atoms with Gasteiger partial charge in [-0.2, -0.15) is 0 Å². The van der Waals surface area contributed by atoms with Gasteiger partial charge in [-0.3, -0.25) is 4.79 Å². The second-order valence-corrected chi connectivity index (χ2v) is 4.93. The maximum Gasteiger partial charge on any atom is 0.265 e. The second kappa shape index (κ2) is 6.53. The van der Waals surface area contributed by atoms with Gasteiger partial charge < -0.3 is 10.1 Å². The van der Waals surface area contributed by atoms with Crippen molar-refractivity contribution in [3.63, 3.8) is 0 Å². The second-order valence-electron chi connectivity index (χ2n) is 4.18. The fourth-order valence-electron chi connectivity index (χ4n) is 1.75. The van der Waals surface area contributed by atoms with E-state index in [1.165, 1.54) is 19.2 Å². The van der Waals surface area contributed by atoms with Crippen LogP contribution in [0.3, 0.4) is 0 Å². The molecule has 20 heavy (non-hydrogen) atoms. The molecule has 0 unspecified atom stereocenters. The Morgan fingerprint density at radius 2 is 2.35 bits per heavy atom. The van der Waals surface area contributed by atoms with Crippen LogP contribution in [0, 0.1) is 12.7 Å². The predicted molar refractivity (Wildman–Crippen MR) is 73.1 cm³/mol. The summed E-state index contributed by atoms with van der Waals surface area (Å²) in [4.78, 5) is 12.4. The highest BCUT2D eigenvalue weighted by Gasteiger charge is 2.16. The molecule has 1 atom stereocenters. The van der Waals surface area contributed by atoms with Crippen LogP contribution in [0.25, 0.3) is 0 Å². The number of aromatic nitrogens is 2. The predicted octanol–water partition coefficient (Wildman–Crippen LogP) is 2.10. The van der Waals surface area contributed by atoms with Crippen molar-refractivity contribution < 1.29 is 13.9 Å². The van der Waals surface area contributed by atoms with Gasteiger partial charge in [-0.25, -0.2) is 4.39 Å². The normalized spacial score (nSPS) is 12.2. The minimum Gasteiger partial charge on any atom is -0.375 e. The number of ether oxygens (including phenoxy) is 1. The van der Waals surface area contributed by atoms with Crippen LogP contribution >= 0.6 is 11.5 Å². The number of rotatable bonds is 5. The molecule has 5 nitrogen and oxygen atoms in total. The monoisotopic (exact) mass is 295 g/mol. The van der Waals surface area contributed by atoms with Crippen molar-refractivity contribution in [1.29, 1.82) is 0 Å². The summed E-state index contributed by atoms with van der Waals surface area (Å²) in [5, 5.41) is 6.52. The number of nitrogens with one attached hydrogen (secondary N) is 1. The first kappa shape index (κ1) is 14.5. The maximum atomic E-state index is 13.2. The number of nitrogens with zero attached hydrogens (tertiary/aromatic N) is 2. The van der Waals surface area contributed by atoms with Gasteiger partial charge in [0.25, 0.3) is 5.91 Å². The van der Waals surface area contributed by atoms with E-state index in [1.54, 1.807) is 19.1 Å². The summed E-state index contributed by atoms with van der Waals surface area (Å²) in [6.45, 7) is 1.97. The first-order chi connectivity index (χ1) is 9.61. The third-order valence-electron chi connectivity index (χ3n) is 2.81. The summed E-state index contributed by atoms with van der Waals surface area (Å²) < 4.78 is 22.2. The van der Waals surface area contributed by atoms with Crippen LogP contribution in [0.4, 0.5) is 4.39 Å². The van der Waals surface area contributed by atoms with Gasteiger partial charge in [-0.05, 0) is 36.2 Å². The Hall–Kier alpha value is -1.86. The molecule has 1 aromatic heterocycles. The number of hydrogen-bond acceptors (Lipinski definition) is 5. The SMILES string of the molecule is CO[C@@H](CNC(=O)c1snnc1C)c1cccc(F)c1. The van der Waals surface area contributed by atoms with Crippen molar-refractivity contribution in [2.75, 3.05) is 13.7 Å². The number of amides is 1. The summed E-state index contributed by atoms with van der Waals surface area (Å²) in [5.74, 6) is -0.589. The van der Waals surface area contributed by atoms with E-state index in [0.717, 1.165) is 11.5 Å². The molecule has 0 saturated heterocycles. The van der Waals surface area contributed by atoms with Gasteiger partial charge >= 0.3 is 0 Å². The lowest BCUT2D eigenvalue weighted by molar-refractivity contribution is 0.0829. The zero-order chi connectivity index (χ0) is 14.5. The quantitative estimate of drug-likeness (QED) is 0.917.